The number of hydrogen-bond donors (Lipinski definition) is 1. The molecule has 4 aromatic rings. The lowest BCUT2D eigenvalue weighted by Gasteiger charge is -2.12. The molecule has 1 N–H and O–H groups in total. The van der Waals surface area contributed by atoms with Gasteiger partial charge in [0.15, 0.2) is 5.16 Å². The number of anilines is 1. The molecule has 172 valence electrons. The number of halogens is 1. The highest BCUT2D eigenvalue weighted by atomic mass is 32.2. The van der Waals surface area contributed by atoms with Crippen LogP contribution in [0.4, 0.5) is 10.1 Å². The molecule has 2 aromatic carbocycles. The lowest BCUT2D eigenvalue weighted by atomic mass is 10.2. The van der Waals surface area contributed by atoms with E-state index in [0.717, 1.165) is 0 Å². The molecule has 8 nitrogen and oxygen atoms in total. The number of rotatable bonds is 9. The predicted octanol–water partition coefficient (Wildman–Crippen LogP) is 3.73. The van der Waals surface area contributed by atoms with Crippen LogP contribution < -0.4 is 10.9 Å². The van der Waals surface area contributed by atoms with Crippen LogP contribution in [0.2, 0.25) is 0 Å². The third-order valence-corrected chi connectivity index (χ3v) is 5.84. The molecular weight excluding hydrogens is 445 g/mol. The summed E-state index contributed by atoms with van der Waals surface area (Å²) in [4.78, 5) is 25.5. The third-order valence-electron chi connectivity index (χ3n) is 4.92. The minimum atomic E-state index is -0.369. The Balaban J connectivity index is 1.59. The number of amides is 1. The van der Waals surface area contributed by atoms with E-state index in [2.05, 4.69) is 15.5 Å². The van der Waals surface area contributed by atoms with Gasteiger partial charge in [-0.05, 0) is 56.7 Å². The highest BCUT2D eigenvalue weighted by Gasteiger charge is 2.17. The van der Waals surface area contributed by atoms with Gasteiger partial charge < -0.3 is 10.1 Å². The van der Waals surface area contributed by atoms with Crippen LogP contribution in [0.25, 0.3) is 16.7 Å². The first kappa shape index (κ1) is 22.9. The van der Waals surface area contributed by atoms with Crippen molar-refractivity contribution in [1.82, 2.24) is 19.2 Å². The molecule has 10 heteroatoms. The molecule has 0 saturated heterocycles. The van der Waals surface area contributed by atoms with Crippen LogP contribution in [0.3, 0.4) is 0 Å². The Hall–Kier alpha value is -3.24. The molecule has 0 saturated carbocycles. The van der Waals surface area contributed by atoms with Gasteiger partial charge in [-0.1, -0.05) is 23.9 Å². The maximum absolute atomic E-state index is 13.1. The van der Waals surface area contributed by atoms with Crippen molar-refractivity contribution in [3.8, 4) is 0 Å². The topological polar surface area (TPSA) is 90.5 Å². The van der Waals surface area contributed by atoms with Gasteiger partial charge in [-0.2, -0.15) is 0 Å². The van der Waals surface area contributed by atoms with Gasteiger partial charge in [-0.15, -0.1) is 10.2 Å². The number of para-hydroxylation sites is 1. The molecule has 4 rings (SSSR count). The molecule has 1 amide bonds. The van der Waals surface area contributed by atoms with Crippen LogP contribution in [-0.2, 0) is 16.1 Å². The summed E-state index contributed by atoms with van der Waals surface area (Å²) in [6.07, 6.45) is 0.775. The van der Waals surface area contributed by atoms with E-state index in [0.29, 0.717) is 47.1 Å². The normalized spacial score (nSPS) is 11.5. The summed E-state index contributed by atoms with van der Waals surface area (Å²) in [6, 6.07) is 12.8. The molecule has 0 atom stereocenters. The SMILES string of the molecule is CC(C)OCCCn1c(=O)c2ccccc2n2c(SCC(=O)Nc3ccc(F)cc3)nnc12. The van der Waals surface area contributed by atoms with E-state index < -0.39 is 0 Å². The van der Waals surface area contributed by atoms with E-state index in [1.54, 1.807) is 15.0 Å². The first-order chi connectivity index (χ1) is 15.9. The van der Waals surface area contributed by atoms with E-state index >= 15 is 0 Å². The molecule has 0 aliphatic heterocycles. The summed E-state index contributed by atoms with van der Waals surface area (Å²) in [5.41, 5.74) is 1.05. The number of fused-ring (bicyclic) bond motifs is 3. The Morgan fingerprint density at radius 3 is 2.67 bits per heavy atom. The molecule has 0 spiro atoms. The van der Waals surface area contributed by atoms with Crippen LogP contribution in [-0.4, -0.2) is 43.5 Å². The van der Waals surface area contributed by atoms with Gasteiger partial charge in [0.25, 0.3) is 5.56 Å². The summed E-state index contributed by atoms with van der Waals surface area (Å²) in [7, 11) is 0. The van der Waals surface area contributed by atoms with Crippen LogP contribution in [0.1, 0.15) is 20.3 Å². The van der Waals surface area contributed by atoms with Gasteiger partial charge in [-0.25, -0.2) is 4.39 Å². The standard InChI is InChI=1S/C23H24FN5O3S/c1-15(2)32-13-5-12-28-21(31)18-6-3-4-7-19(18)29-22(28)26-27-23(29)33-14-20(30)25-17-10-8-16(24)9-11-17/h3-4,6-11,15H,5,12-14H2,1-2H3,(H,25,30). The smallest absolute Gasteiger partial charge is 0.262 e. The van der Waals surface area contributed by atoms with Crippen molar-refractivity contribution in [2.75, 3.05) is 17.7 Å². The number of carbonyl (C=O) groups is 1. The number of ether oxygens (including phenoxy) is 1. The van der Waals surface area contributed by atoms with E-state index in [1.165, 1.54) is 36.0 Å². The number of hydrogen-bond acceptors (Lipinski definition) is 6. The molecule has 0 aliphatic rings. The summed E-state index contributed by atoms with van der Waals surface area (Å²) < 4.78 is 22.1. The molecule has 2 aromatic heterocycles. The van der Waals surface area contributed by atoms with Gasteiger partial charge >= 0.3 is 0 Å². The van der Waals surface area contributed by atoms with Gasteiger partial charge in [0, 0.05) is 18.8 Å². The average molecular weight is 470 g/mol. The Morgan fingerprint density at radius 2 is 1.91 bits per heavy atom. The van der Waals surface area contributed by atoms with Crippen molar-refractivity contribution in [3.05, 3.63) is 64.7 Å². The fraction of sp³-hybridized carbons (Fsp3) is 0.304. The predicted molar refractivity (Wildman–Crippen MR) is 126 cm³/mol. The average Bonchev–Trinajstić information content (AvgIpc) is 3.22. The van der Waals surface area contributed by atoms with E-state index in [4.69, 9.17) is 4.74 Å². The van der Waals surface area contributed by atoms with Gasteiger partial charge in [0.2, 0.25) is 11.7 Å². The van der Waals surface area contributed by atoms with Crippen LogP contribution in [0.15, 0.2) is 58.5 Å². The first-order valence-electron chi connectivity index (χ1n) is 10.6. The number of benzene rings is 2. The summed E-state index contributed by atoms with van der Waals surface area (Å²) in [5, 5.41) is 12.3. The van der Waals surface area contributed by atoms with E-state index in [-0.39, 0.29) is 29.1 Å². The largest absolute Gasteiger partial charge is 0.379 e. The zero-order valence-electron chi connectivity index (χ0n) is 18.3. The molecule has 2 heterocycles. The summed E-state index contributed by atoms with van der Waals surface area (Å²) in [6.45, 7) is 4.90. The zero-order valence-corrected chi connectivity index (χ0v) is 19.1. The highest BCUT2D eigenvalue weighted by molar-refractivity contribution is 7.99. The van der Waals surface area contributed by atoms with Crippen LogP contribution >= 0.6 is 11.8 Å². The van der Waals surface area contributed by atoms with Gasteiger partial charge in [0.05, 0.1) is 22.8 Å². The molecule has 0 fully saturated rings. The molecule has 0 bridgehead atoms. The monoisotopic (exact) mass is 469 g/mol. The number of thioether (sulfide) groups is 1. The lowest BCUT2D eigenvalue weighted by molar-refractivity contribution is -0.113. The van der Waals surface area contributed by atoms with E-state index in [1.807, 2.05) is 32.0 Å². The summed E-state index contributed by atoms with van der Waals surface area (Å²) in [5.74, 6) is -0.129. The molecular formula is C23H24FN5O3S. The number of aryl methyl sites for hydroxylation is 1. The van der Waals surface area contributed by atoms with E-state index in [9.17, 15) is 14.0 Å². The van der Waals surface area contributed by atoms with Crippen LogP contribution in [0, 0.1) is 5.82 Å². The zero-order chi connectivity index (χ0) is 23.4. The Bertz CT molecular complexity index is 1330. The Morgan fingerprint density at radius 1 is 1.15 bits per heavy atom. The Kier molecular flexibility index (Phi) is 7.05. The maximum atomic E-state index is 13.1. The molecule has 33 heavy (non-hydrogen) atoms. The fourth-order valence-electron chi connectivity index (χ4n) is 3.43. The number of aromatic nitrogens is 4. The molecule has 0 unspecified atom stereocenters. The second-order valence-corrected chi connectivity index (χ2v) is 8.65. The maximum Gasteiger partial charge on any atom is 0.262 e. The number of nitrogens with one attached hydrogen (secondary N) is 1. The van der Waals surface area contributed by atoms with Crippen molar-refractivity contribution in [1.29, 1.82) is 0 Å². The van der Waals surface area contributed by atoms with Gasteiger partial charge in [-0.3, -0.25) is 18.6 Å². The van der Waals surface area contributed by atoms with Crippen molar-refractivity contribution in [2.24, 2.45) is 0 Å². The quantitative estimate of drug-likeness (QED) is 0.297. The summed E-state index contributed by atoms with van der Waals surface area (Å²) >= 11 is 1.21. The van der Waals surface area contributed by atoms with Crippen molar-refractivity contribution in [3.63, 3.8) is 0 Å². The number of carbonyl (C=O) groups excluding carboxylic acids is 1. The third kappa shape index (κ3) is 5.23. The highest BCUT2D eigenvalue weighted by Crippen LogP contribution is 2.22. The number of nitrogens with zero attached hydrogens (tertiary/aromatic N) is 4. The van der Waals surface area contributed by atoms with Crippen molar-refractivity contribution < 1.29 is 13.9 Å². The first-order valence-corrected chi connectivity index (χ1v) is 11.6. The fourth-order valence-corrected chi connectivity index (χ4v) is 4.17. The van der Waals surface area contributed by atoms with Gasteiger partial charge in [0.1, 0.15) is 5.82 Å². The van der Waals surface area contributed by atoms with Crippen molar-refractivity contribution >= 4 is 40.0 Å². The lowest BCUT2D eigenvalue weighted by Crippen LogP contribution is -2.24. The second kappa shape index (κ2) is 10.1. The van der Waals surface area contributed by atoms with Crippen molar-refractivity contribution in [2.45, 2.75) is 38.1 Å². The second-order valence-electron chi connectivity index (χ2n) is 7.71. The van der Waals surface area contributed by atoms with Crippen LogP contribution in [0.5, 0.6) is 0 Å². The Labute approximate surface area is 193 Å². The minimum Gasteiger partial charge on any atom is -0.379 e. The molecule has 0 aliphatic carbocycles. The molecule has 0 radical (unpaired) electrons. The minimum absolute atomic E-state index is 0.0772.